The van der Waals surface area contributed by atoms with E-state index in [1.165, 1.54) is 32.4 Å². The molecule has 1 aliphatic rings. The van der Waals surface area contributed by atoms with Crippen molar-refractivity contribution < 1.29 is 9.13 Å². The Bertz CT molecular complexity index is 374. The van der Waals surface area contributed by atoms with Crippen LogP contribution in [0.3, 0.4) is 0 Å². The van der Waals surface area contributed by atoms with Gasteiger partial charge in [0, 0.05) is 11.6 Å². The van der Waals surface area contributed by atoms with Crippen molar-refractivity contribution in [2.75, 3.05) is 7.11 Å². The molecule has 3 heteroatoms. The van der Waals surface area contributed by atoms with Gasteiger partial charge in [0.1, 0.15) is 0 Å². The first kappa shape index (κ1) is 12.4. The number of methoxy groups -OCH3 is 1. The molecule has 1 saturated carbocycles. The minimum atomic E-state index is -0.323. The lowest BCUT2D eigenvalue weighted by Crippen LogP contribution is -2.24. The molecule has 1 atom stereocenters. The summed E-state index contributed by atoms with van der Waals surface area (Å²) in [6.07, 6.45) is 6.04. The Morgan fingerprint density at radius 1 is 1.29 bits per heavy atom. The third kappa shape index (κ3) is 2.60. The molecule has 1 aliphatic carbocycles. The van der Waals surface area contributed by atoms with Crippen LogP contribution < -0.4 is 10.5 Å². The summed E-state index contributed by atoms with van der Waals surface area (Å²) in [5, 5.41) is 0. The van der Waals surface area contributed by atoms with Crippen LogP contribution >= 0.6 is 0 Å². The van der Waals surface area contributed by atoms with Gasteiger partial charge in [-0.15, -0.1) is 0 Å². The van der Waals surface area contributed by atoms with Crippen LogP contribution in [0.5, 0.6) is 5.75 Å². The van der Waals surface area contributed by atoms with E-state index in [9.17, 15) is 4.39 Å². The number of para-hydroxylation sites is 1. The van der Waals surface area contributed by atoms with Crippen LogP contribution in [0, 0.1) is 11.7 Å². The smallest absolute Gasteiger partial charge is 0.165 e. The maximum absolute atomic E-state index is 13.6. The fourth-order valence-corrected chi connectivity index (χ4v) is 2.75. The van der Waals surface area contributed by atoms with Crippen LogP contribution in [-0.2, 0) is 0 Å². The van der Waals surface area contributed by atoms with Gasteiger partial charge in [-0.3, -0.25) is 0 Å². The van der Waals surface area contributed by atoms with Gasteiger partial charge in [-0.2, -0.15) is 0 Å². The minimum absolute atomic E-state index is 0.110. The zero-order valence-electron chi connectivity index (χ0n) is 10.3. The zero-order chi connectivity index (χ0) is 12.3. The summed E-state index contributed by atoms with van der Waals surface area (Å²) >= 11 is 0. The first-order valence-electron chi connectivity index (χ1n) is 6.32. The van der Waals surface area contributed by atoms with Gasteiger partial charge >= 0.3 is 0 Å². The average Bonchev–Trinajstić information content (AvgIpc) is 2.38. The topological polar surface area (TPSA) is 35.2 Å². The molecule has 0 bridgehead atoms. The Kier molecular flexibility index (Phi) is 4.00. The molecule has 0 saturated heterocycles. The molecule has 1 aromatic carbocycles. The Hall–Kier alpha value is -1.09. The zero-order valence-corrected chi connectivity index (χ0v) is 10.3. The van der Waals surface area contributed by atoms with Crippen LogP contribution in [-0.4, -0.2) is 7.11 Å². The number of hydrogen-bond donors (Lipinski definition) is 1. The fourth-order valence-electron chi connectivity index (χ4n) is 2.75. The van der Waals surface area contributed by atoms with Crippen molar-refractivity contribution in [3.8, 4) is 5.75 Å². The number of benzene rings is 1. The molecular formula is C14H20FNO. The molecule has 1 fully saturated rings. The lowest BCUT2D eigenvalue weighted by Gasteiger charge is -2.28. The molecule has 0 aromatic heterocycles. The highest BCUT2D eigenvalue weighted by atomic mass is 19.1. The predicted molar refractivity (Wildman–Crippen MR) is 66.5 cm³/mol. The number of nitrogens with two attached hydrogens (primary N) is 1. The summed E-state index contributed by atoms with van der Waals surface area (Å²) in [7, 11) is 1.50. The van der Waals surface area contributed by atoms with Gasteiger partial charge in [-0.05, 0) is 24.8 Å². The number of hydrogen-bond acceptors (Lipinski definition) is 2. The Morgan fingerprint density at radius 2 is 2.00 bits per heavy atom. The highest BCUT2D eigenvalue weighted by Gasteiger charge is 2.25. The molecule has 94 valence electrons. The van der Waals surface area contributed by atoms with Crippen molar-refractivity contribution in [1.82, 2.24) is 0 Å². The van der Waals surface area contributed by atoms with Crippen LogP contribution in [0.25, 0.3) is 0 Å². The summed E-state index contributed by atoms with van der Waals surface area (Å²) in [5.74, 6) is 0.446. The minimum Gasteiger partial charge on any atom is -0.493 e. The molecule has 1 aromatic rings. The Balaban J connectivity index is 2.23. The molecule has 0 spiro atoms. The SMILES string of the molecule is COc1c(F)cccc1[C@H](N)C1CCCCC1. The van der Waals surface area contributed by atoms with E-state index in [1.807, 2.05) is 6.07 Å². The highest BCUT2D eigenvalue weighted by molar-refractivity contribution is 5.37. The van der Waals surface area contributed by atoms with E-state index in [2.05, 4.69) is 0 Å². The van der Waals surface area contributed by atoms with Gasteiger partial charge in [-0.25, -0.2) is 4.39 Å². The molecule has 0 aliphatic heterocycles. The van der Waals surface area contributed by atoms with Crippen molar-refractivity contribution in [3.05, 3.63) is 29.6 Å². The van der Waals surface area contributed by atoms with E-state index in [-0.39, 0.29) is 11.9 Å². The summed E-state index contributed by atoms with van der Waals surface area (Å²) < 4.78 is 18.7. The summed E-state index contributed by atoms with van der Waals surface area (Å²) in [4.78, 5) is 0. The third-order valence-electron chi connectivity index (χ3n) is 3.72. The van der Waals surface area contributed by atoms with Crippen molar-refractivity contribution >= 4 is 0 Å². The normalized spacial score (nSPS) is 19.0. The summed E-state index contributed by atoms with van der Waals surface area (Å²) in [6, 6.07) is 4.88. The van der Waals surface area contributed by atoms with Gasteiger partial charge < -0.3 is 10.5 Å². The number of ether oxygens (including phenoxy) is 1. The predicted octanol–water partition coefficient (Wildman–Crippen LogP) is 3.41. The van der Waals surface area contributed by atoms with Gasteiger partial charge in [-0.1, -0.05) is 31.4 Å². The van der Waals surface area contributed by atoms with Crippen LogP contribution in [0.4, 0.5) is 4.39 Å². The molecule has 17 heavy (non-hydrogen) atoms. The van der Waals surface area contributed by atoms with E-state index in [0.717, 1.165) is 18.4 Å². The second-order valence-electron chi connectivity index (χ2n) is 4.79. The molecule has 0 heterocycles. The van der Waals surface area contributed by atoms with Crippen LogP contribution in [0.15, 0.2) is 18.2 Å². The molecule has 2 rings (SSSR count). The molecule has 2 N–H and O–H groups in total. The van der Waals surface area contributed by atoms with E-state index in [1.54, 1.807) is 6.07 Å². The quantitative estimate of drug-likeness (QED) is 0.874. The van der Waals surface area contributed by atoms with Gasteiger partial charge in [0.25, 0.3) is 0 Å². The maximum Gasteiger partial charge on any atom is 0.165 e. The third-order valence-corrected chi connectivity index (χ3v) is 3.72. The monoisotopic (exact) mass is 237 g/mol. The van der Waals surface area contributed by atoms with Crippen molar-refractivity contribution in [1.29, 1.82) is 0 Å². The molecule has 2 nitrogen and oxygen atoms in total. The standard InChI is InChI=1S/C14H20FNO/c1-17-14-11(8-5-9-12(14)15)13(16)10-6-3-2-4-7-10/h5,8-10,13H,2-4,6-7,16H2,1H3/t13-/m1/s1. The van der Waals surface area contributed by atoms with E-state index < -0.39 is 0 Å². The van der Waals surface area contributed by atoms with Gasteiger partial charge in [0.15, 0.2) is 11.6 Å². The fraction of sp³-hybridized carbons (Fsp3) is 0.571. The highest BCUT2D eigenvalue weighted by Crippen LogP contribution is 2.37. The second kappa shape index (κ2) is 5.50. The first-order valence-corrected chi connectivity index (χ1v) is 6.32. The Labute approximate surface area is 102 Å². The van der Waals surface area contributed by atoms with E-state index in [4.69, 9.17) is 10.5 Å². The lowest BCUT2D eigenvalue weighted by molar-refractivity contribution is 0.298. The van der Waals surface area contributed by atoms with Crippen molar-refractivity contribution in [3.63, 3.8) is 0 Å². The molecular weight excluding hydrogens is 217 g/mol. The summed E-state index contributed by atoms with van der Waals surface area (Å²) in [6.45, 7) is 0. The van der Waals surface area contributed by atoms with Gasteiger partial charge in [0.2, 0.25) is 0 Å². The molecule has 0 amide bonds. The molecule has 0 radical (unpaired) electrons. The number of rotatable bonds is 3. The largest absolute Gasteiger partial charge is 0.493 e. The Morgan fingerprint density at radius 3 is 2.65 bits per heavy atom. The van der Waals surface area contributed by atoms with E-state index in [0.29, 0.717) is 11.7 Å². The first-order chi connectivity index (χ1) is 8.24. The van der Waals surface area contributed by atoms with Gasteiger partial charge in [0.05, 0.1) is 7.11 Å². The van der Waals surface area contributed by atoms with E-state index >= 15 is 0 Å². The van der Waals surface area contributed by atoms with Crippen LogP contribution in [0.2, 0.25) is 0 Å². The second-order valence-corrected chi connectivity index (χ2v) is 4.79. The summed E-state index contributed by atoms with van der Waals surface area (Å²) in [5.41, 5.74) is 7.07. The molecule has 0 unspecified atom stereocenters. The maximum atomic E-state index is 13.6. The van der Waals surface area contributed by atoms with Crippen molar-refractivity contribution in [2.45, 2.75) is 38.1 Å². The number of halogens is 1. The van der Waals surface area contributed by atoms with Crippen LogP contribution in [0.1, 0.15) is 43.7 Å². The lowest BCUT2D eigenvalue weighted by atomic mass is 9.81. The average molecular weight is 237 g/mol. The van der Waals surface area contributed by atoms with Crippen molar-refractivity contribution in [2.24, 2.45) is 11.7 Å².